The second-order valence-electron chi connectivity index (χ2n) is 11.3. The van der Waals surface area contributed by atoms with Crippen LogP contribution in [0.5, 0.6) is 17.5 Å². The Morgan fingerprint density at radius 2 is 1.95 bits per heavy atom. The Hall–Kier alpha value is -2.94. The highest BCUT2D eigenvalue weighted by molar-refractivity contribution is 5.86. The summed E-state index contributed by atoms with van der Waals surface area (Å²) in [6.45, 7) is 5.32. The number of rotatable bonds is 10. The third-order valence-electron chi connectivity index (χ3n) is 8.52. The van der Waals surface area contributed by atoms with E-state index in [-0.39, 0.29) is 17.4 Å². The van der Waals surface area contributed by atoms with Gasteiger partial charge in [0.1, 0.15) is 6.10 Å². The molecular formula is C29H37FN4O4. The lowest BCUT2D eigenvalue weighted by atomic mass is 9.61. The van der Waals surface area contributed by atoms with Crippen LogP contribution in [-0.4, -0.2) is 71.4 Å². The van der Waals surface area contributed by atoms with Crippen molar-refractivity contribution in [2.75, 3.05) is 32.8 Å². The molecule has 0 aromatic carbocycles. The number of hydrogen-bond acceptors (Lipinski definition) is 7. The first kappa shape index (κ1) is 25.3. The molecule has 0 bridgehead atoms. The molecule has 2 saturated carbocycles. The van der Waals surface area contributed by atoms with Gasteiger partial charge in [0, 0.05) is 30.7 Å². The molecule has 4 fully saturated rings. The van der Waals surface area contributed by atoms with Gasteiger partial charge in [-0.2, -0.15) is 0 Å². The summed E-state index contributed by atoms with van der Waals surface area (Å²) < 4.78 is 33.1. The summed E-state index contributed by atoms with van der Waals surface area (Å²) in [5.41, 5.74) is -0.0504. The summed E-state index contributed by atoms with van der Waals surface area (Å²) >= 11 is 0. The highest BCUT2D eigenvalue weighted by Gasteiger charge is 2.57. The molecule has 38 heavy (non-hydrogen) atoms. The number of nitrogens with one attached hydrogen (secondary N) is 1. The molecule has 9 heteroatoms. The van der Waals surface area contributed by atoms with Gasteiger partial charge in [-0.25, -0.2) is 14.4 Å². The first-order chi connectivity index (χ1) is 18.5. The zero-order chi connectivity index (χ0) is 26.2. The molecule has 2 aromatic rings. The van der Waals surface area contributed by atoms with Gasteiger partial charge in [0.25, 0.3) is 11.8 Å². The van der Waals surface area contributed by atoms with Crippen LogP contribution in [0.4, 0.5) is 4.39 Å². The molecule has 1 atom stereocenters. The number of likely N-dealkylation sites (tertiary alicyclic amines) is 1. The van der Waals surface area contributed by atoms with E-state index < -0.39 is 5.67 Å². The van der Waals surface area contributed by atoms with Crippen LogP contribution in [0.3, 0.4) is 0 Å². The summed E-state index contributed by atoms with van der Waals surface area (Å²) in [5, 5.41) is 3.40. The molecule has 204 valence electrons. The average Bonchev–Trinajstić information content (AvgIpc) is 3.30. The fourth-order valence-electron chi connectivity index (χ4n) is 6.27. The van der Waals surface area contributed by atoms with Crippen molar-refractivity contribution in [3.05, 3.63) is 30.5 Å². The molecule has 2 aliphatic heterocycles. The molecule has 1 N–H and O–H groups in total. The minimum absolute atomic E-state index is 0.0266. The molecule has 2 aliphatic carbocycles. The van der Waals surface area contributed by atoms with Crippen molar-refractivity contribution < 1.29 is 23.4 Å². The SMILES string of the molecule is CCOc1ncccc1-c1ccc(OC2CC3(C2)CN(C(=O)C2(F)CCCC2)C3)c(OCC[C@@H]2CCN2)n1. The van der Waals surface area contributed by atoms with Crippen LogP contribution in [0.2, 0.25) is 0 Å². The molecule has 6 rings (SSSR count). The highest BCUT2D eigenvalue weighted by Crippen LogP contribution is 2.51. The fourth-order valence-corrected chi connectivity index (χ4v) is 6.27. The molecule has 0 unspecified atom stereocenters. The van der Waals surface area contributed by atoms with Gasteiger partial charge in [-0.05, 0) is 89.1 Å². The van der Waals surface area contributed by atoms with Crippen LogP contribution in [0, 0.1) is 5.41 Å². The van der Waals surface area contributed by atoms with Crippen LogP contribution in [0.15, 0.2) is 30.5 Å². The zero-order valence-corrected chi connectivity index (χ0v) is 22.1. The third-order valence-corrected chi connectivity index (χ3v) is 8.52. The van der Waals surface area contributed by atoms with E-state index in [1.165, 1.54) is 6.42 Å². The minimum Gasteiger partial charge on any atom is -0.485 e. The summed E-state index contributed by atoms with van der Waals surface area (Å²) in [5.74, 6) is 1.33. The van der Waals surface area contributed by atoms with Gasteiger partial charge in [0.05, 0.1) is 24.5 Å². The summed E-state index contributed by atoms with van der Waals surface area (Å²) in [6.07, 6.45) is 7.86. The van der Waals surface area contributed by atoms with Crippen molar-refractivity contribution in [3.63, 3.8) is 0 Å². The molecule has 1 amide bonds. The minimum atomic E-state index is -1.63. The lowest BCUT2D eigenvalue weighted by Crippen LogP contribution is -2.68. The van der Waals surface area contributed by atoms with E-state index in [4.69, 9.17) is 19.2 Å². The Kier molecular flexibility index (Phi) is 6.88. The number of alkyl halides is 1. The molecule has 2 aromatic heterocycles. The Labute approximate surface area is 223 Å². The molecule has 8 nitrogen and oxygen atoms in total. The van der Waals surface area contributed by atoms with E-state index >= 15 is 0 Å². The Morgan fingerprint density at radius 3 is 2.66 bits per heavy atom. The number of pyridine rings is 2. The van der Waals surface area contributed by atoms with Crippen molar-refractivity contribution in [1.29, 1.82) is 0 Å². The van der Waals surface area contributed by atoms with E-state index in [0.29, 0.717) is 62.7 Å². The average molecular weight is 525 g/mol. The number of hydrogen-bond donors (Lipinski definition) is 1. The third kappa shape index (κ3) is 4.93. The summed E-state index contributed by atoms with van der Waals surface area (Å²) in [6, 6.07) is 8.13. The summed E-state index contributed by atoms with van der Waals surface area (Å²) in [4.78, 5) is 23.5. The van der Waals surface area contributed by atoms with E-state index in [1.54, 1.807) is 11.1 Å². The Balaban J connectivity index is 1.11. The van der Waals surface area contributed by atoms with Crippen molar-refractivity contribution in [2.45, 2.75) is 76.1 Å². The number of amides is 1. The fraction of sp³-hybridized carbons (Fsp3) is 0.621. The first-order valence-corrected chi connectivity index (χ1v) is 14.1. The molecule has 1 spiro atoms. The number of halogens is 1. The maximum absolute atomic E-state index is 14.9. The Bertz CT molecular complexity index is 1150. The molecule has 4 heterocycles. The largest absolute Gasteiger partial charge is 0.485 e. The number of ether oxygens (including phenoxy) is 3. The number of carbonyl (C=O) groups excluding carboxylic acids is 1. The van der Waals surface area contributed by atoms with E-state index in [9.17, 15) is 9.18 Å². The van der Waals surface area contributed by atoms with E-state index in [0.717, 1.165) is 49.9 Å². The van der Waals surface area contributed by atoms with Gasteiger partial charge in [-0.15, -0.1) is 0 Å². The lowest BCUT2D eigenvalue weighted by molar-refractivity contribution is -0.171. The second kappa shape index (κ2) is 10.3. The van der Waals surface area contributed by atoms with Crippen LogP contribution in [0.1, 0.15) is 58.3 Å². The second-order valence-corrected chi connectivity index (χ2v) is 11.3. The predicted octanol–water partition coefficient (Wildman–Crippen LogP) is 4.33. The van der Waals surface area contributed by atoms with E-state index in [2.05, 4.69) is 10.3 Å². The van der Waals surface area contributed by atoms with Crippen molar-refractivity contribution >= 4 is 5.91 Å². The predicted molar refractivity (Wildman–Crippen MR) is 140 cm³/mol. The van der Waals surface area contributed by atoms with Crippen molar-refractivity contribution in [2.24, 2.45) is 5.41 Å². The topological polar surface area (TPSA) is 85.8 Å². The number of carbonyl (C=O) groups is 1. The highest BCUT2D eigenvalue weighted by atomic mass is 19.1. The molecular weight excluding hydrogens is 487 g/mol. The Morgan fingerprint density at radius 1 is 1.16 bits per heavy atom. The molecule has 2 saturated heterocycles. The van der Waals surface area contributed by atoms with Gasteiger partial charge in [0.2, 0.25) is 5.88 Å². The van der Waals surface area contributed by atoms with Gasteiger partial charge in [-0.1, -0.05) is 0 Å². The van der Waals surface area contributed by atoms with Crippen LogP contribution in [0.25, 0.3) is 11.3 Å². The van der Waals surface area contributed by atoms with Gasteiger partial charge < -0.3 is 24.4 Å². The van der Waals surface area contributed by atoms with Crippen LogP contribution in [-0.2, 0) is 4.79 Å². The lowest BCUT2D eigenvalue weighted by Gasteiger charge is -2.59. The van der Waals surface area contributed by atoms with Crippen molar-refractivity contribution in [1.82, 2.24) is 20.2 Å². The first-order valence-electron chi connectivity index (χ1n) is 14.1. The maximum Gasteiger partial charge on any atom is 0.260 e. The van der Waals surface area contributed by atoms with Gasteiger partial charge >= 0.3 is 0 Å². The molecule has 4 aliphatic rings. The molecule has 0 radical (unpaired) electrons. The summed E-state index contributed by atoms with van der Waals surface area (Å²) in [7, 11) is 0. The smallest absolute Gasteiger partial charge is 0.260 e. The standard InChI is InChI=1S/C29H37FN4O4/c1-2-36-25-22(6-5-13-32-25)23-7-8-24(26(33-23)37-15-10-20-9-14-31-20)38-21-16-28(17-21)18-34(19-28)27(35)29(30)11-3-4-12-29/h5-8,13,20-21,31H,2-4,9-12,14-19H2,1H3/t20-/m0/s1. The number of nitrogens with zero attached hydrogens (tertiary/aromatic N) is 3. The van der Waals surface area contributed by atoms with Crippen molar-refractivity contribution in [3.8, 4) is 28.8 Å². The number of aromatic nitrogens is 2. The van der Waals surface area contributed by atoms with E-state index in [1.807, 2.05) is 31.2 Å². The van der Waals surface area contributed by atoms with Gasteiger partial charge in [-0.3, -0.25) is 4.79 Å². The monoisotopic (exact) mass is 524 g/mol. The zero-order valence-electron chi connectivity index (χ0n) is 22.1. The van der Waals surface area contributed by atoms with Crippen LogP contribution < -0.4 is 19.5 Å². The normalized spacial score (nSPS) is 23.3. The quantitative estimate of drug-likeness (QED) is 0.495. The van der Waals surface area contributed by atoms with Gasteiger partial charge in [0.15, 0.2) is 11.4 Å². The maximum atomic E-state index is 14.9. The van der Waals surface area contributed by atoms with Crippen LogP contribution >= 0.6 is 0 Å².